The SMILES string of the molecule is COc1ccc(-c2cncc(C#Cc3csc(C)n3)c2)cc1. The zero-order valence-corrected chi connectivity index (χ0v) is 13.1. The van der Waals surface area contributed by atoms with Crippen LogP contribution in [0.2, 0.25) is 0 Å². The zero-order valence-electron chi connectivity index (χ0n) is 12.3. The summed E-state index contributed by atoms with van der Waals surface area (Å²) in [5, 5.41) is 2.98. The first-order valence-corrected chi connectivity index (χ1v) is 7.66. The number of methoxy groups -OCH3 is 1. The van der Waals surface area contributed by atoms with E-state index in [-0.39, 0.29) is 0 Å². The van der Waals surface area contributed by atoms with Gasteiger partial charge in [-0.25, -0.2) is 4.98 Å². The maximum Gasteiger partial charge on any atom is 0.124 e. The van der Waals surface area contributed by atoms with Crippen LogP contribution in [0.1, 0.15) is 16.3 Å². The monoisotopic (exact) mass is 306 g/mol. The van der Waals surface area contributed by atoms with E-state index in [9.17, 15) is 0 Å². The molecule has 0 aliphatic heterocycles. The fraction of sp³-hybridized carbons (Fsp3) is 0.111. The van der Waals surface area contributed by atoms with Gasteiger partial charge in [-0.1, -0.05) is 18.1 Å². The lowest BCUT2D eigenvalue weighted by Crippen LogP contribution is -1.85. The third kappa shape index (κ3) is 3.33. The molecular weight excluding hydrogens is 292 g/mol. The highest BCUT2D eigenvalue weighted by Crippen LogP contribution is 2.22. The van der Waals surface area contributed by atoms with Gasteiger partial charge in [0.15, 0.2) is 0 Å². The molecule has 3 nitrogen and oxygen atoms in total. The van der Waals surface area contributed by atoms with E-state index in [4.69, 9.17) is 4.74 Å². The molecule has 0 aliphatic rings. The number of hydrogen-bond acceptors (Lipinski definition) is 4. The summed E-state index contributed by atoms with van der Waals surface area (Å²) in [6.07, 6.45) is 3.60. The summed E-state index contributed by atoms with van der Waals surface area (Å²) in [6, 6.07) is 9.92. The average Bonchev–Trinajstić information content (AvgIpc) is 2.99. The summed E-state index contributed by atoms with van der Waals surface area (Å²) in [6.45, 7) is 1.97. The first kappa shape index (κ1) is 14.3. The van der Waals surface area contributed by atoms with E-state index in [1.54, 1.807) is 24.6 Å². The number of pyridine rings is 1. The second kappa shape index (κ2) is 6.42. The molecule has 0 atom stereocenters. The Morgan fingerprint density at radius 2 is 1.86 bits per heavy atom. The van der Waals surface area contributed by atoms with Gasteiger partial charge in [-0.15, -0.1) is 11.3 Å². The molecular formula is C18H14N2OS. The summed E-state index contributed by atoms with van der Waals surface area (Å²) >= 11 is 1.60. The van der Waals surface area contributed by atoms with Crippen LogP contribution in [0, 0.1) is 18.8 Å². The first-order chi connectivity index (χ1) is 10.7. The maximum atomic E-state index is 5.17. The first-order valence-electron chi connectivity index (χ1n) is 6.78. The molecule has 0 aliphatic carbocycles. The Labute approximate surface area is 133 Å². The summed E-state index contributed by atoms with van der Waals surface area (Å²) in [5.74, 6) is 7.02. The summed E-state index contributed by atoms with van der Waals surface area (Å²) in [5.41, 5.74) is 3.79. The highest BCUT2D eigenvalue weighted by Gasteiger charge is 2.00. The van der Waals surface area contributed by atoms with E-state index in [0.29, 0.717) is 0 Å². The Kier molecular flexibility index (Phi) is 4.17. The van der Waals surface area contributed by atoms with Gasteiger partial charge in [0.25, 0.3) is 0 Å². The molecule has 3 rings (SSSR count). The number of ether oxygens (including phenoxy) is 1. The third-order valence-corrected chi connectivity index (χ3v) is 3.89. The lowest BCUT2D eigenvalue weighted by Gasteiger charge is -2.03. The van der Waals surface area contributed by atoms with Crippen molar-refractivity contribution in [3.8, 4) is 28.7 Å². The Hall–Kier alpha value is -2.64. The van der Waals surface area contributed by atoms with Gasteiger partial charge in [-0.3, -0.25) is 4.98 Å². The Bertz CT molecular complexity index is 841. The number of rotatable bonds is 2. The summed E-state index contributed by atoms with van der Waals surface area (Å²) in [7, 11) is 1.66. The molecule has 0 bridgehead atoms. The lowest BCUT2D eigenvalue weighted by molar-refractivity contribution is 0.415. The predicted molar refractivity (Wildman–Crippen MR) is 89.1 cm³/mol. The maximum absolute atomic E-state index is 5.17. The molecule has 0 N–H and O–H groups in total. The van der Waals surface area contributed by atoms with Crippen LogP contribution in [0.5, 0.6) is 5.75 Å². The minimum Gasteiger partial charge on any atom is -0.497 e. The molecule has 0 saturated carbocycles. The van der Waals surface area contributed by atoms with Gasteiger partial charge in [0.2, 0.25) is 0 Å². The van der Waals surface area contributed by atoms with Crippen LogP contribution in [0.15, 0.2) is 48.1 Å². The third-order valence-electron chi connectivity index (χ3n) is 3.12. The van der Waals surface area contributed by atoms with E-state index in [1.165, 1.54) is 0 Å². The van der Waals surface area contributed by atoms with Crippen molar-refractivity contribution in [1.29, 1.82) is 0 Å². The van der Waals surface area contributed by atoms with Gasteiger partial charge in [0.1, 0.15) is 11.4 Å². The largest absolute Gasteiger partial charge is 0.497 e. The van der Waals surface area contributed by atoms with Crippen molar-refractivity contribution >= 4 is 11.3 Å². The molecule has 0 radical (unpaired) electrons. The molecule has 4 heteroatoms. The van der Waals surface area contributed by atoms with Gasteiger partial charge in [-0.05, 0) is 36.6 Å². The Balaban J connectivity index is 1.87. The number of benzene rings is 1. The van der Waals surface area contributed by atoms with Crippen molar-refractivity contribution in [3.05, 3.63) is 64.4 Å². The minimum atomic E-state index is 0.803. The van der Waals surface area contributed by atoms with Crippen molar-refractivity contribution in [1.82, 2.24) is 9.97 Å². The lowest BCUT2D eigenvalue weighted by atomic mass is 10.1. The molecule has 108 valence electrons. The second-order valence-electron chi connectivity index (χ2n) is 4.69. The van der Waals surface area contributed by atoms with Crippen LogP contribution >= 0.6 is 11.3 Å². The van der Waals surface area contributed by atoms with Crippen molar-refractivity contribution in [2.75, 3.05) is 7.11 Å². The van der Waals surface area contributed by atoms with Gasteiger partial charge in [-0.2, -0.15) is 0 Å². The minimum absolute atomic E-state index is 0.803. The van der Waals surface area contributed by atoms with Gasteiger partial charge in [0, 0.05) is 28.9 Å². The number of hydrogen-bond donors (Lipinski definition) is 0. The number of aryl methyl sites for hydroxylation is 1. The standard InChI is InChI=1S/C18H14N2OS/c1-13-20-17(12-22-13)6-3-14-9-16(11-19-10-14)15-4-7-18(21-2)8-5-15/h4-5,7-12H,1-2H3. The van der Waals surface area contributed by atoms with Crippen molar-refractivity contribution in [2.24, 2.45) is 0 Å². The van der Waals surface area contributed by atoms with E-state index < -0.39 is 0 Å². The van der Waals surface area contributed by atoms with Crippen LogP contribution in [0.4, 0.5) is 0 Å². The molecule has 3 aromatic rings. The van der Waals surface area contributed by atoms with Crippen molar-refractivity contribution in [2.45, 2.75) is 6.92 Å². The normalized spacial score (nSPS) is 9.91. The number of thiazole rings is 1. The number of aromatic nitrogens is 2. The van der Waals surface area contributed by atoms with Crippen LogP contribution < -0.4 is 4.74 Å². The highest BCUT2D eigenvalue weighted by molar-refractivity contribution is 7.09. The van der Waals surface area contributed by atoms with Crippen molar-refractivity contribution < 1.29 is 4.74 Å². The molecule has 0 unspecified atom stereocenters. The molecule has 2 aromatic heterocycles. The predicted octanol–water partition coefficient (Wildman–Crippen LogP) is 3.92. The molecule has 22 heavy (non-hydrogen) atoms. The van der Waals surface area contributed by atoms with E-state index in [0.717, 1.165) is 33.1 Å². The van der Waals surface area contributed by atoms with E-state index in [1.807, 2.05) is 48.8 Å². The van der Waals surface area contributed by atoms with Gasteiger partial charge >= 0.3 is 0 Å². The molecule has 0 spiro atoms. The van der Waals surface area contributed by atoms with Crippen molar-refractivity contribution in [3.63, 3.8) is 0 Å². The Morgan fingerprint density at radius 1 is 1.05 bits per heavy atom. The topological polar surface area (TPSA) is 35.0 Å². The smallest absolute Gasteiger partial charge is 0.124 e. The summed E-state index contributed by atoms with van der Waals surface area (Å²) < 4.78 is 5.17. The zero-order chi connectivity index (χ0) is 15.4. The van der Waals surface area contributed by atoms with Crippen LogP contribution in [-0.4, -0.2) is 17.1 Å². The molecule has 0 amide bonds. The van der Waals surface area contributed by atoms with E-state index in [2.05, 4.69) is 21.8 Å². The molecule has 0 fully saturated rings. The van der Waals surface area contributed by atoms with E-state index >= 15 is 0 Å². The fourth-order valence-corrected chi connectivity index (χ4v) is 2.55. The molecule has 2 heterocycles. The van der Waals surface area contributed by atoms with Crippen LogP contribution in [-0.2, 0) is 0 Å². The second-order valence-corrected chi connectivity index (χ2v) is 5.75. The Morgan fingerprint density at radius 3 is 2.55 bits per heavy atom. The number of nitrogens with zero attached hydrogens (tertiary/aromatic N) is 2. The van der Waals surface area contributed by atoms with Crippen LogP contribution in [0.25, 0.3) is 11.1 Å². The molecule has 0 saturated heterocycles. The molecule has 1 aromatic carbocycles. The highest BCUT2D eigenvalue weighted by atomic mass is 32.1. The quantitative estimate of drug-likeness (QED) is 0.673. The fourth-order valence-electron chi connectivity index (χ4n) is 2.01. The van der Waals surface area contributed by atoms with Crippen LogP contribution in [0.3, 0.4) is 0 Å². The van der Waals surface area contributed by atoms with Gasteiger partial charge < -0.3 is 4.74 Å². The average molecular weight is 306 g/mol. The summed E-state index contributed by atoms with van der Waals surface area (Å²) in [4.78, 5) is 8.61. The van der Waals surface area contributed by atoms with Gasteiger partial charge in [0.05, 0.1) is 12.1 Å².